The van der Waals surface area contributed by atoms with Gasteiger partial charge < -0.3 is 4.57 Å². The molecule has 2 aromatic rings. The molecule has 4 heteroatoms. The van der Waals surface area contributed by atoms with Gasteiger partial charge >= 0.3 is 0 Å². The van der Waals surface area contributed by atoms with E-state index in [2.05, 4.69) is 66.1 Å². The minimum absolute atomic E-state index is 0.0695. The topological polar surface area (TPSA) is 17.8 Å². The van der Waals surface area contributed by atoms with Crippen LogP contribution in [0.4, 0.5) is 0 Å². The third-order valence-corrected chi connectivity index (χ3v) is 4.93. The summed E-state index contributed by atoms with van der Waals surface area (Å²) in [5.74, 6) is 0.977. The second-order valence-corrected chi connectivity index (χ2v) is 7.16. The second-order valence-electron chi connectivity index (χ2n) is 5.26. The Bertz CT molecular complexity index is 585. The molecule has 1 atom stereocenters. The van der Waals surface area contributed by atoms with Gasteiger partial charge in [-0.15, -0.1) is 11.6 Å². The van der Waals surface area contributed by atoms with Crippen molar-refractivity contribution < 1.29 is 0 Å². The molecule has 0 fully saturated rings. The van der Waals surface area contributed by atoms with E-state index in [1.807, 2.05) is 6.92 Å². The molecule has 2 rings (SSSR count). The van der Waals surface area contributed by atoms with Gasteiger partial charge in [0.1, 0.15) is 5.82 Å². The molecule has 0 aliphatic heterocycles. The van der Waals surface area contributed by atoms with Gasteiger partial charge in [-0.2, -0.15) is 0 Å². The molecule has 0 saturated heterocycles. The molecule has 0 N–H and O–H groups in total. The van der Waals surface area contributed by atoms with Gasteiger partial charge in [0.2, 0.25) is 0 Å². The maximum absolute atomic E-state index is 6.35. The monoisotopic (exact) mass is 390 g/mol. The van der Waals surface area contributed by atoms with Gasteiger partial charge in [-0.05, 0) is 67.5 Å². The van der Waals surface area contributed by atoms with E-state index in [9.17, 15) is 0 Å². The third kappa shape index (κ3) is 2.64. The van der Waals surface area contributed by atoms with Crippen LogP contribution in [-0.4, -0.2) is 9.55 Å². The Morgan fingerprint density at radius 1 is 1.37 bits per heavy atom. The molecule has 0 amide bonds. The summed E-state index contributed by atoms with van der Waals surface area (Å²) >= 11 is 8.68. The molecule has 0 bridgehead atoms. The van der Waals surface area contributed by atoms with Crippen LogP contribution >= 0.6 is 34.2 Å². The molecule has 0 spiro atoms. The van der Waals surface area contributed by atoms with Crippen molar-refractivity contribution in [2.75, 3.05) is 0 Å². The van der Waals surface area contributed by atoms with E-state index in [-0.39, 0.29) is 10.9 Å². The van der Waals surface area contributed by atoms with Crippen molar-refractivity contribution in [3.8, 4) is 0 Å². The van der Waals surface area contributed by atoms with Crippen LogP contribution in [0.3, 0.4) is 0 Å². The molecule has 2 nitrogen and oxygen atoms in total. The predicted octanol–water partition coefficient (Wildman–Crippen LogP) is 5.48. The number of hydrogen-bond donors (Lipinski definition) is 0. The first kappa shape index (κ1) is 15.1. The van der Waals surface area contributed by atoms with Crippen LogP contribution in [0.15, 0.2) is 18.2 Å². The summed E-state index contributed by atoms with van der Waals surface area (Å²) in [5.41, 5.74) is 2.30. The normalized spacial score (nSPS) is 14.0. The van der Waals surface area contributed by atoms with Crippen molar-refractivity contribution in [3.05, 3.63) is 27.6 Å². The van der Waals surface area contributed by atoms with Gasteiger partial charge in [0.15, 0.2) is 0 Å². The van der Waals surface area contributed by atoms with Crippen molar-refractivity contribution in [2.45, 2.75) is 51.5 Å². The number of nitrogens with zero attached hydrogens (tertiary/aromatic N) is 2. The Labute approximate surface area is 133 Å². The Balaban J connectivity index is 2.79. The maximum Gasteiger partial charge on any atom is 0.128 e. The number of benzene rings is 1. The summed E-state index contributed by atoms with van der Waals surface area (Å²) in [4.78, 5) is 4.76. The highest BCUT2D eigenvalue weighted by Gasteiger charge is 2.28. The Morgan fingerprint density at radius 2 is 2.00 bits per heavy atom. The first-order valence-electron chi connectivity index (χ1n) is 6.75. The summed E-state index contributed by atoms with van der Waals surface area (Å²) in [6.45, 7) is 8.74. The summed E-state index contributed by atoms with van der Waals surface area (Å²) in [6, 6.07) is 6.42. The molecular formula is C15H20ClIN2. The second kappa shape index (κ2) is 5.60. The zero-order chi connectivity index (χ0) is 14.2. The molecule has 1 unspecified atom stereocenters. The molecule has 1 aromatic carbocycles. The van der Waals surface area contributed by atoms with Gasteiger partial charge in [-0.1, -0.05) is 13.8 Å². The Kier molecular flexibility index (Phi) is 4.45. The number of fused-ring (bicyclic) bond motifs is 1. The van der Waals surface area contributed by atoms with E-state index in [0.717, 1.165) is 24.2 Å². The predicted molar refractivity (Wildman–Crippen MR) is 90.9 cm³/mol. The van der Waals surface area contributed by atoms with Gasteiger partial charge in [0.25, 0.3) is 0 Å². The molecule has 19 heavy (non-hydrogen) atoms. The van der Waals surface area contributed by atoms with Crippen molar-refractivity contribution >= 4 is 45.2 Å². The highest BCUT2D eigenvalue weighted by Crippen LogP contribution is 2.35. The largest absolute Gasteiger partial charge is 0.321 e. The number of hydrogen-bond acceptors (Lipinski definition) is 1. The fraction of sp³-hybridized carbons (Fsp3) is 0.533. The number of rotatable bonds is 4. The van der Waals surface area contributed by atoms with Crippen LogP contribution < -0.4 is 0 Å². The molecule has 0 radical (unpaired) electrons. The lowest BCUT2D eigenvalue weighted by Crippen LogP contribution is -2.30. The number of aromatic nitrogens is 2. The molecule has 0 aliphatic carbocycles. The van der Waals surface area contributed by atoms with Crippen LogP contribution in [0.5, 0.6) is 0 Å². The number of imidazole rings is 1. The standard InChI is InChI=1S/C15H20ClIN2/c1-5-15(4,6-2)19-13-8-7-11(17)9-12(13)18-14(19)10(3)16/h7-10H,5-6H2,1-4H3. The van der Waals surface area contributed by atoms with Gasteiger partial charge in [-0.3, -0.25) is 0 Å². The molecule has 0 saturated carbocycles. The van der Waals surface area contributed by atoms with E-state index >= 15 is 0 Å². The number of alkyl halides is 1. The van der Waals surface area contributed by atoms with E-state index < -0.39 is 0 Å². The lowest BCUT2D eigenvalue weighted by Gasteiger charge is -2.32. The lowest BCUT2D eigenvalue weighted by atomic mass is 9.94. The van der Waals surface area contributed by atoms with Crippen LogP contribution in [-0.2, 0) is 5.54 Å². The van der Waals surface area contributed by atoms with Crippen LogP contribution in [0.2, 0.25) is 0 Å². The smallest absolute Gasteiger partial charge is 0.128 e. The van der Waals surface area contributed by atoms with Gasteiger partial charge in [0, 0.05) is 9.11 Å². The van der Waals surface area contributed by atoms with Crippen molar-refractivity contribution in [1.82, 2.24) is 9.55 Å². The third-order valence-electron chi connectivity index (χ3n) is 4.06. The molecule has 104 valence electrons. The first-order valence-corrected chi connectivity index (χ1v) is 8.27. The van der Waals surface area contributed by atoms with Gasteiger partial charge in [0.05, 0.1) is 16.4 Å². The molecule has 1 aromatic heterocycles. The molecule has 0 aliphatic rings. The van der Waals surface area contributed by atoms with Crippen molar-refractivity contribution in [2.24, 2.45) is 0 Å². The Hall–Kier alpha value is -0.290. The zero-order valence-electron chi connectivity index (χ0n) is 11.9. The summed E-state index contributed by atoms with van der Waals surface area (Å²) < 4.78 is 3.55. The van der Waals surface area contributed by atoms with Crippen molar-refractivity contribution in [1.29, 1.82) is 0 Å². The van der Waals surface area contributed by atoms with E-state index in [1.54, 1.807) is 0 Å². The molecule has 1 heterocycles. The van der Waals surface area contributed by atoms with Crippen LogP contribution in [0.25, 0.3) is 11.0 Å². The van der Waals surface area contributed by atoms with Crippen LogP contribution in [0.1, 0.15) is 51.7 Å². The van der Waals surface area contributed by atoms with E-state index in [1.165, 1.54) is 9.09 Å². The average Bonchev–Trinajstić information content (AvgIpc) is 2.77. The van der Waals surface area contributed by atoms with Crippen molar-refractivity contribution in [3.63, 3.8) is 0 Å². The SMILES string of the molecule is CCC(C)(CC)n1c(C(C)Cl)nc2cc(I)ccc21. The zero-order valence-corrected chi connectivity index (χ0v) is 14.8. The lowest BCUT2D eigenvalue weighted by molar-refractivity contribution is 0.293. The van der Waals surface area contributed by atoms with Gasteiger partial charge in [-0.25, -0.2) is 4.98 Å². The van der Waals surface area contributed by atoms with E-state index in [0.29, 0.717) is 0 Å². The average molecular weight is 391 g/mol. The summed E-state index contributed by atoms with van der Waals surface area (Å²) in [7, 11) is 0. The minimum atomic E-state index is -0.0810. The summed E-state index contributed by atoms with van der Waals surface area (Å²) in [6.07, 6.45) is 2.13. The fourth-order valence-electron chi connectivity index (χ4n) is 2.47. The molecular weight excluding hydrogens is 371 g/mol. The Morgan fingerprint density at radius 3 is 2.53 bits per heavy atom. The highest BCUT2D eigenvalue weighted by atomic mass is 127. The minimum Gasteiger partial charge on any atom is -0.321 e. The van der Waals surface area contributed by atoms with E-state index in [4.69, 9.17) is 16.6 Å². The first-order chi connectivity index (χ1) is 8.92. The quantitative estimate of drug-likeness (QED) is 0.499. The highest BCUT2D eigenvalue weighted by molar-refractivity contribution is 14.1. The fourth-order valence-corrected chi connectivity index (χ4v) is 3.09. The maximum atomic E-state index is 6.35. The summed E-state index contributed by atoms with van der Waals surface area (Å²) in [5, 5.41) is -0.0810. The van der Waals surface area contributed by atoms with Crippen LogP contribution in [0, 0.1) is 3.57 Å². The number of halogens is 2.